The van der Waals surface area contributed by atoms with E-state index in [1.165, 1.54) is 12.1 Å². The number of hydrogen-bond acceptors (Lipinski definition) is 4. The summed E-state index contributed by atoms with van der Waals surface area (Å²) in [6.45, 7) is 4.46. The van der Waals surface area contributed by atoms with Gasteiger partial charge in [0.2, 0.25) is 0 Å². The van der Waals surface area contributed by atoms with Crippen LogP contribution in [0.5, 0.6) is 23.0 Å². The van der Waals surface area contributed by atoms with Crippen molar-refractivity contribution >= 4 is 0 Å². The van der Waals surface area contributed by atoms with Crippen molar-refractivity contribution in [3.8, 4) is 23.0 Å². The van der Waals surface area contributed by atoms with Gasteiger partial charge in [-0.3, -0.25) is 0 Å². The van der Waals surface area contributed by atoms with Gasteiger partial charge in [-0.15, -0.1) is 0 Å². The van der Waals surface area contributed by atoms with Crippen LogP contribution < -0.4 is 0 Å². The molecule has 2 aromatic carbocycles. The average molecular weight is 368 g/mol. The van der Waals surface area contributed by atoms with Gasteiger partial charge >= 0.3 is 0 Å². The normalized spacial score (nSPS) is 33.0. The maximum atomic E-state index is 10.6. The Balaban J connectivity index is 1.82. The maximum Gasteiger partial charge on any atom is 0.123 e. The highest BCUT2D eigenvalue weighted by Gasteiger charge is 2.52. The molecule has 4 heteroatoms. The van der Waals surface area contributed by atoms with Crippen molar-refractivity contribution in [3.63, 3.8) is 0 Å². The highest BCUT2D eigenvalue weighted by molar-refractivity contribution is 5.48. The van der Waals surface area contributed by atoms with Gasteiger partial charge in [0.25, 0.3) is 0 Å². The number of hydrogen-bond donors (Lipinski definition) is 4. The Labute approximate surface area is 160 Å². The number of rotatable bonds is 2. The number of fused-ring (bicyclic) bond motifs is 2. The monoisotopic (exact) mass is 368 g/mol. The van der Waals surface area contributed by atoms with Crippen molar-refractivity contribution in [3.05, 3.63) is 47.5 Å². The standard InChI is InChI=1S/C23H28O4/c1-14-7-15-11-22(2,18-5-3-16(24)8-20(18)26)13-23(10-14,12-15)19-6-4-17(25)9-21(19)27/h3-6,8-9,14-15,24-27H,7,10-13H2,1-2H3. The highest BCUT2D eigenvalue weighted by atomic mass is 16.3. The molecule has 2 aliphatic carbocycles. The zero-order valence-corrected chi connectivity index (χ0v) is 15.9. The van der Waals surface area contributed by atoms with Gasteiger partial charge in [0.05, 0.1) is 0 Å². The van der Waals surface area contributed by atoms with E-state index < -0.39 is 0 Å². The van der Waals surface area contributed by atoms with Crippen LogP contribution in [-0.4, -0.2) is 20.4 Å². The summed E-state index contributed by atoms with van der Waals surface area (Å²) in [6.07, 6.45) is 4.95. The fourth-order valence-corrected chi connectivity index (χ4v) is 6.31. The summed E-state index contributed by atoms with van der Waals surface area (Å²) in [5.74, 6) is 1.50. The minimum Gasteiger partial charge on any atom is -0.508 e. The van der Waals surface area contributed by atoms with E-state index in [-0.39, 0.29) is 33.8 Å². The summed E-state index contributed by atoms with van der Waals surface area (Å²) < 4.78 is 0. The molecule has 4 N–H and O–H groups in total. The molecule has 4 nitrogen and oxygen atoms in total. The van der Waals surface area contributed by atoms with Crippen LogP contribution in [0.4, 0.5) is 0 Å². The summed E-state index contributed by atoms with van der Waals surface area (Å²) in [5, 5.41) is 40.6. The highest BCUT2D eigenvalue weighted by Crippen LogP contribution is 2.60. The van der Waals surface area contributed by atoms with Gasteiger partial charge < -0.3 is 20.4 Å². The van der Waals surface area contributed by atoms with E-state index in [1.54, 1.807) is 12.1 Å². The Bertz CT molecular complexity index is 871. The van der Waals surface area contributed by atoms with Crippen molar-refractivity contribution in [2.24, 2.45) is 11.8 Å². The second-order valence-electron chi connectivity index (χ2n) is 9.24. The molecule has 27 heavy (non-hydrogen) atoms. The van der Waals surface area contributed by atoms with Gasteiger partial charge in [-0.2, -0.15) is 0 Å². The summed E-state index contributed by atoms with van der Waals surface area (Å²) >= 11 is 0. The molecule has 2 aromatic rings. The first kappa shape index (κ1) is 18.0. The molecule has 2 aliphatic rings. The molecular formula is C23H28O4. The fraction of sp³-hybridized carbons (Fsp3) is 0.478. The number of aromatic hydroxyl groups is 4. The van der Waals surface area contributed by atoms with Gasteiger partial charge in [0.15, 0.2) is 0 Å². The zero-order valence-electron chi connectivity index (χ0n) is 15.9. The van der Waals surface area contributed by atoms with Gasteiger partial charge in [0.1, 0.15) is 23.0 Å². The van der Waals surface area contributed by atoms with E-state index in [1.807, 2.05) is 12.1 Å². The predicted octanol–water partition coefficient (Wildman–Crippen LogP) is 4.93. The van der Waals surface area contributed by atoms with Gasteiger partial charge in [-0.1, -0.05) is 26.0 Å². The zero-order chi connectivity index (χ0) is 19.4. The Kier molecular flexibility index (Phi) is 4.06. The summed E-state index contributed by atoms with van der Waals surface area (Å²) in [6, 6.07) is 9.84. The third-order valence-electron chi connectivity index (χ3n) is 6.81. The lowest BCUT2D eigenvalue weighted by molar-refractivity contribution is 0.0568. The molecule has 4 unspecified atom stereocenters. The minimum absolute atomic E-state index is 0.0652. The molecule has 0 heterocycles. The van der Waals surface area contributed by atoms with E-state index in [9.17, 15) is 20.4 Å². The number of phenols is 4. The number of phenolic OH excluding ortho intramolecular Hbond substituents is 4. The summed E-state index contributed by atoms with van der Waals surface area (Å²) in [7, 11) is 0. The second-order valence-corrected chi connectivity index (χ2v) is 9.24. The lowest BCUT2D eigenvalue weighted by Gasteiger charge is -2.55. The average Bonchev–Trinajstić information content (AvgIpc) is 2.52. The van der Waals surface area contributed by atoms with Crippen LogP contribution in [0.1, 0.15) is 57.1 Å². The van der Waals surface area contributed by atoms with E-state index in [0.717, 1.165) is 43.2 Å². The Hall–Kier alpha value is -2.36. The Morgan fingerprint density at radius 2 is 1.41 bits per heavy atom. The maximum absolute atomic E-state index is 10.6. The molecule has 2 fully saturated rings. The summed E-state index contributed by atoms with van der Waals surface area (Å²) in [4.78, 5) is 0. The van der Waals surface area contributed by atoms with E-state index in [0.29, 0.717) is 11.8 Å². The lowest BCUT2D eigenvalue weighted by Crippen LogP contribution is -2.48. The van der Waals surface area contributed by atoms with Crippen LogP contribution in [0.25, 0.3) is 0 Å². The summed E-state index contributed by atoms with van der Waals surface area (Å²) in [5.41, 5.74) is 1.34. The molecule has 0 radical (unpaired) electrons. The molecule has 0 saturated heterocycles. The Morgan fingerprint density at radius 3 is 2.00 bits per heavy atom. The SMILES string of the molecule is CC1CC2CC(C)(c3ccc(O)cc3O)CC(c3ccc(O)cc3O)(C1)C2. The third kappa shape index (κ3) is 3.01. The second kappa shape index (κ2) is 6.08. The third-order valence-corrected chi connectivity index (χ3v) is 6.81. The molecule has 0 aliphatic heterocycles. The van der Waals surface area contributed by atoms with E-state index in [4.69, 9.17) is 0 Å². The van der Waals surface area contributed by atoms with E-state index in [2.05, 4.69) is 13.8 Å². The molecule has 4 atom stereocenters. The molecule has 0 aromatic heterocycles. The largest absolute Gasteiger partial charge is 0.508 e. The van der Waals surface area contributed by atoms with Crippen LogP contribution in [0, 0.1) is 11.8 Å². The van der Waals surface area contributed by atoms with Crippen molar-refractivity contribution in [1.29, 1.82) is 0 Å². The van der Waals surface area contributed by atoms with Crippen molar-refractivity contribution < 1.29 is 20.4 Å². The van der Waals surface area contributed by atoms with Gasteiger partial charge in [0, 0.05) is 28.7 Å². The smallest absolute Gasteiger partial charge is 0.123 e. The van der Waals surface area contributed by atoms with Gasteiger partial charge in [-0.25, -0.2) is 0 Å². The fourth-order valence-electron chi connectivity index (χ4n) is 6.31. The van der Waals surface area contributed by atoms with Crippen LogP contribution in [0.2, 0.25) is 0 Å². The predicted molar refractivity (Wildman–Crippen MR) is 104 cm³/mol. The molecule has 4 rings (SSSR count). The molecule has 0 spiro atoms. The first-order chi connectivity index (χ1) is 12.7. The van der Waals surface area contributed by atoms with Crippen LogP contribution in [-0.2, 0) is 10.8 Å². The van der Waals surface area contributed by atoms with Crippen molar-refractivity contribution in [2.45, 2.75) is 56.8 Å². The van der Waals surface area contributed by atoms with Crippen LogP contribution in [0.15, 0.2) is 36.4 Å². The molecule has 2 saturated carbocycles. The van der Waals surface area contributed by atoms with Crippen LogP contribution in [0.3, 0.4) is 0 Å². The molecule has 2 bridgehead atoms. The Morgan fingerprint density at radius 1 is 0.815 bits per heavy atom. The molecule has 144 valence electrons. The number of benzene rings is 2. The topological polar surface area (TPSA) is 80.9 Å². The quantitative estimate of drug-likeness (QED) is 0.605. The minimum atomic E-state index is -0.245. The lowest BCUT2D eigenvalue weighted by atomic mass is 9.49. The first-order valence-electron chi connectivity index (χ1n) is 9.76. The van der Waals surface area contributed by atoms with Gasteiger partial charge in [-0.05, 0) is 61.5 Å². The van der Waals surface area contributed by atoms with E-state index >= 15 is 0 Å². The van der Waals surface area contributed by atoms with Crippen LogP contribution >= 0.6 is 0 Å². The van der Waals surface area contributed by atoms with Crippen molar-refractivity contribution in [1.82, 2.24) is 0 Å². The van der Waals surface area contributed by atoms with Crippen molar-refractivity contribution in [2.75, 3.05) is 0 Å². The molecular weight excluding hydrogens is 340 g/mol. The first-order valence-corrected chi connectivity index (χ1v) is 9.76. The molecule has 0 amide bonds.